The van der Waals surface area contributed by atoms with E-state index in [4.69, 9.17) is 4.74 Å². The molecule has 0 radical (unpaired) electrons. The van der Waals surface area contributed by atoms with E-state index in [1.807, 2.05) is 4.90 Å². The van der Waals surface area contributed by atoms with Crippen LogP contribution in [0.1, 0.15) is 44.1 Å². The number of fused-ring (bicyclic) bond motifs is 1. The lowest BCUT2D eigenvalue weighted by Crippen LogP contribution is -2.57. The second kappa shape index (κ2) is 8.71. The molecular formula is C21H27F3N2O4S. The molecule has 1 aromatic carbocycles. The van der Waals surface area contributed by atoms with Gasteiger partial charge in [-0.25, -0.2) is 8.42 Å². The minimum Gasteiger partial charge on any atom is -0.374 e. The first-order valence-corrected chi connectivity index (χ1v) is 12.2. The Morgan fingerprint density at radius 2 is 1.74 bits per heavy atom. The summed E-state index contributed by atoms with van der Waals surface area (Å²) in [5, 5.41) is 0. The first-order valence-electron chi connectivity index (χ1n) is 10.8. The molecule has 3 fully saturated rings. The molecule has 1 aliphatic carbocycles. The van der Waals surface area contributed by atoms with Crippen LogP contribution in [0.25, 0.3) is 0 Å². The number of sulfonamides is 1. The maximum Gasteiger partial charge on any atom is 0.416 e. The van der Waals surface area contributed by atoms with Crippen molar-refractivity contribution in [1.82, 2.24) is 9.21 Å². The van der Waals surface area contributed by atoms with E-state index in [1.54, 1.807) is 0 Å². The molecule has 3 aliphatic rings. The Labute approximate surface area is 180 Å². The molecule has 0 spiro atoms. The van der Waals surface area contributed by atoms with E-state index in [1.165, 1.54) is 10.4 Å². The highest BCUT2D eigenvalue weighted by Gasteiger charge is 2.41. The van der Waals surface area contributed by atoms with Crippen LogP contribution in [0, 0.1) is 5.92 Å². The molecule has 1 aromatic rings. The van der Waals surface area contributed by atoms with Crippen molar-refractivity contribution in [3.63, 3.8) is 0 Å². The normalized spacial score (nSPS) is 26.5. The van der Waals surface area contributed by atoms with Crippen molar-refractivity contribution in [1.29, 1.82) is 0 Å². The number of benzene rings is 1. The average Bonchev–Trinajstić information content (AvgIpc) is 2.78. The van der Waals surface area contributed by atoms with Gasteiger partial charge in [0.05, 0.1) is 29.2 Å². The fraction of sp³-hybridized carbons (Fsp3) is 0.667. The molecule has 0 bridgehead atoms. The molecule has 2 atom stereocenters. The van der Waals surface area contributed by atoms with Gasteiger partial charge in [-0.1, -0.05) is 18.9 Å². The summed E-state index contributed by atoms with van der Waals surface area (Å²) in [6, 6.07) is 3.90. The Morgan fingerprint density at radius 3 is 2.45 bits per heavy atom. The van der Waals surface area contributed by atoms with Gasteiger partial charge in [0.1, 0.15) is 0 Å². The Balaban J connectivity index is 1.42. The number of morpholine rings is 1. The molecular weight excluding hydrogens is 433 g/mol. The van der Waals surface area contributed by atoms with Gasteiger partial charge in [0.2, 0.25) is 15.9 Å². The number of amides is 1. The van der Waals surface area contributed by atoms with Crippen LogP contribution in [0.3, 0.4) is 0 Å². The molecule has 2 saturated heterocycles. The van der Waals surface area contributed by atoms with Crippen LogP contribution in [-0.2, 0) is 25.7 Å². The van der Waals surface area contributed by atoms with Gasteiger partial charge in [0.15, 0.2) is 0 Å². The van der Waals surface area contributed by atoms with Gasteiger partial charge < -0.3 is 9.64 Å². The van der Waals surface area contributed by atoms with Crippen LogP contribution in [0.5, 0.6) is 0 Å². The van der Waals surface area contributed by atoms with Gasteiger partial charge in [0, 0.05) is 25.6 Å². The van der Waals surface area contributed by atoms with Gasteiger partial charge in [-0.2, -0.15) is 17.5 Å². The maximum atomic E-state index is 13.2. The van der Waals surface area contributed by atoms with Gasteiger partial charge in [0.25, 0.3) is 0 Å². The van der Waals surface area contributed by atoms with E-state index in [-0.39, 0.29) is 42.0 Å². The number of hydrogen-bond acceptors (Lipinski definition) is 4. The summed E-state index contributed by atoms with van der Waals surface area (Å²) < 4.78 is 71.7. The molecule has 2 unspecified atom stereocenters. The molecule has 6 nitrogen and oxygen atoms in total. The van der Waals surface area contributed by atoms with Crippen LogP contribution in [0.2, 0.25) is 0 Å². The van der Waals surface area contributed by atoms with E-state index in [2.05, 4.69) is 0 Å². The molecule has 4 rings (SSSR count). The van der Waals surface area contributed by atoms with E-state index in [0.29, 0.717) is 32.1 Å². The van der Waals surface area contributed by atoms with Crippen LogP contribution < -0.4 is 0 Å². The number of rotatable bonds is 3. The van der Waals surface area contributed by atoms with E-state index in [0.717, 1.165) is 37.8 Å². The summed E-state index contributed by atoms with van der Waals surface area (Å²) in [7, 11) is -4.05. The van der Waals surface area contributed by atoms with Crippen LogP contribution >= 0.6 is 0 Å². The lowest BCUT2D eigenvalue weighted by Gasteiger charge is -2.45. The summed E-state index contributed by atoms with van der Waals surface area (Å²) in [6.45, 7) is 1.32. The summed E-state index contributed by atoms with van der Waals surface area (Å²) in [5.74, 6) is -0.218. The standard InChI is InChI=1S/C21H27F3N2O4S/c22-21(23,24)16-4-3-5-17(14-16)31(28,29)25-10-8-15(9-11-25)20(27)26-12-13-30-19-7-2-1-6-18(19)26/h3-5,14-15,18-19H,1-2,6-13H2. The molecule has 0 N–H and O–H groups in total. The van der Waals surface area contributed by atoms with Crippen molar-refractivity contribution in [2.24, 2.45) is 5.92 Å². The topological polar surface area (TPSA) is 66.9 Å². The first-order chi connectivity index (χ1) is 14.7. The number of hydrogen-bond donors (Lipinski definition) is 0. The molecule has 2 aliphatic heterocycles. The number of ether oxygens (including phenoxy) is 1. The second-order valence-electron chi connectivity index (χ2n) is 8.50. The van der Waals surface area contributed by atoms with Gasteiger partial charge in [-0.15, -0.1) is 0 Å². The van der Waals surface area contributed by atoms with Crippen LogP contribution in [0.4, 0.5) is 13.2 Å². The Morgan fingerprint density at radius 1 is 1.03 bits per heavy atom. The Kier molecular flexibility index (Phi) is 6.33. The lowest BCUT2D eigenvalue weighted by atomic mass is 9.88. The molecule has 2 heterocycles. The monoisotopic (exact) mass is 460 g/mol. The van der Waals surface area contributed by atoms with E-state index < -0.39 is 21.8 Å². The zero-order valence-electron chi connectivity index (χ0n) is 17.2. The number of carbonyl (C=O) groups is 1. The largest absolute Gasteiger partial charge is 0.416 e. The van der Waals surface area contributed by atoms with Crippen molar-refractivity contribution >= 4 is 15.9 Å². The third-order valence-corrected chi connectivity index (χ3v) is 8.51. The minimum atomic E-state index is -4.61. The van der Waals surface area contributed by atoms with Crippen LogP contribution in [-0.4, -0.2) is 61.9 Å². The number of halogens is 3. The third kappa shape index (κ3) is 4.61. The Hall–Kier alpha value is -1.65. The number of carbonyl (C=O) groups excluding carboxylic acids is 1. The molecule has 1 saturated carbocycles. The first kappa shape index (κ1) is 22.5. The van der Waals surface area contributed by atoms with Crippen LogP contribution in [0.15, 0.2) is 29.2 Å². The number of piperidine rings is 1. The van der Waals surface area contributed by atoms with Crippen molar-refractivity contribution < 1.29 is 31.1 Å². The molecule has 172 valence electrons. The summed E-state index contributed by atoms with van der Waals surface area (Å²) >= 11 is 0. The van der Waals surface area contributed by atoms with Crippen molar-refractivity contribution in [3.05, 3.63) is 29.8 Å². The Bertz CT molecular complexity index is 911. The average molecular weight is 461 g/mol. The lowest BCUT2D eigenvalue weighted by molar-refractivity contribution is -0.154. The highest BCUT2D eigenvalue weighted by atomic mass is 32.2. The highest BCUT2D eigenvalue weighted by molar-refractivity contribution is 7.89. The number of nitrogens with zero attached hydrogens (tertiary/aromatic N) is 2. The number of alkyl halides is 3. The maximum absolute atomic E-state index is 13.2. The molecule has 10 heteroatoms. The van der Waals surface area contributed by atoms with Gasteiger partial charge >= 0.3 is 6.18 Å². The fourth-order valence-electron chi connectivity index (χ4n) is 4.93. The smallest absolute Gasteiger partial charge is 0.374 e. The SMILES string of the molecule is O=C(C1CCN(S(=O)(=O)c2cccc(C(F)(F)F)c2)CC1)N1CCOC2CCCCC21. The minimum absolute atomic E-state index is 0.0521. The molecule has 1 amide bonds. The second-order valence-corrected chi connectivity index (χ2v) is 10.4. The zero-order valence-corrected chi connectivity index (χ0v) is 18.0. The van der Waals surface area contributed by atoms with Crippen molar-refractivity contribution in [2.45, 2.75) is 61.7 Å². The third-order valence-electron chi connectivity index (χ3n) is 6.62. The summed E-state index contributed by atoms with van der Waals surface area (Å²) in [6.07, 6.45) is 0.281. The van der Waals surface area contributed by atoms with Gasteiger partial charge in [-0.05, 0) is 43.9 Å². The predicted octanol–water partition coefficient (Wildman–Crippen LogP) is 3.28. The van der Waals surface area contributed by atoms with Crippen molar-refractivity contribution in [2.75, 3.05) is 26.2 Å². The molecule has 31 heavy (non-hydrogen) atoms. The van der Waals surface area contributed by atoms with Crippen molar-refractivity contribution in [3.8, 4) is 0 Å². The molecule has 0 aromatic heterocycles. The fourth-order valence-corrected chi connectivity index (χ4v) is 6.45. The van der Waals surface area contributed by atoms with Gasteiger partial charge in [-0.3, -0.25) is 4.79 Å². The quantitative estimate of drug-likeness (QED) is 0.695. The predicted molar refractivity (Wildman–Crippen MR) is 107 cm³/mol. The highest BCUT2D eigenvalue weighted by Crippen LogP contribution is 2.34. The summed E-state index contributed by atoms with van der Waals surface area (Å²) in [5.41, 5.74) is -0.993. The van der Waals surface area contributed by atoms with E-state index in [9.17, 15) is 26.4 Å². The van der Waals surface area contributed by atoms with E-state index >= 15 is 0 Å². The zero-order chi connectivity index (χ0) is 22.2. The summed E-state index contributed by atoms with van der Waals surface area (Å²) in [4.78, 5) is 14.7.